The third-order valence-corrected chi connectivity index (χ3v) is 6.72. The van der Waals surface area contributed by atoms with Gasteiger partial charge in [0.15, 0.2) is 0 Å². The number of pyridine rings is 1. The molecule has 0 saturated carbocycles. The molecule has 24 heavy (non-hydrogen) atoms. The molecule has 1 aromatic heterocycles. The van der Waals surface area contributed by atoms with Gasteiger partial charge in [-0.2, -0.15) is 4.31 Å². The van der Waals surface area contributed by atoms with Gasteiger partial charge in [0.2, 0.25) is 10.0 Å². The molecule has 5 nitrogen and oxygen atoms in total. The van der Waals surface area contributed by atoms with Gasteiger partial charge in [0.05, 0.1) is 5.02 Å². The highest BCUT2D eigenvalue weighted by molar-refractivity contribution is 7.89. The summed E-state index contributed by atoms with van der Waals surface area (Å²) in [5, 5.41) is 0.225. The highest BCUT2D eigenvalue weighted by atomic mass is 35.5. The summed E-state index contributed by atoms with van der Waals surface area (Å²) in [6.45, 7) is 1.44. The maximum Gasteiger partial charge on any atom is 0.244 e. The van der Waals surface area contributed by atoms with Gasteiger partial charge in [0.25, 0.3) is 0 Å². The van der Waals surface area contributed by atoms with Gasteiger partial charge in [0, 0.05) is 31.9 Å². The van der Waals surface area contributed by atoms with Crippen LogP contribution in [0.3, 0.4) is 0 Å². The average molecular weight is 386 g/mol. The van der Waals surface area contributed by atoms with Gasteiger partial charge in [-0.15, -0.1) is 0 Å². The first-order valence-electron chi connectivity index (χ1n) is 7.46. The van der Waals surface area contributed by atoms with Crippen molar-refractivity contribution >= 4 is 33.2 Å². The van der Waals surface area contributed by atoms with Gasteiger partial charge in [0.1, 0.15) is 10.0 Å². The second kappa shape index (κ2) is 6.98. The lowest BCUT2D eigenvalue weighted by molar-refractivity contribution is 0.148. The fourth-order valence-corrected chi connectivity index (χ4v) is 4.54. The number of hydrogen-bond donors (Lipinski definition) is 0. The van der Waals surface area contributed by atoms with E-state index < -0.39 is 10.0 Å². The Kier molecular flexibility index (Phi) is 5.13. The van der Waals surface area contributed by atoms with E-state index in [1.807, 2.05) is 37.4 Å². The fourth-order valence-electron chi connectivity index (χ4n) is 2.80. The van der Waals surface area contributed by atoms with Crippen molar-refractivity contribution in [2.24, 2.45) is 0 Å². The maximum absolute atomic E-state index is 12.9. The van der Waals surface area contributed by atoms with Gasteiger partial charge in [-0.05, 0) is 18.7 Å². The van der Waals surface area contributed by atoms with E-state index in [-0.39, 0.29) is 21.1 Å². The summed E-state index contributed by atoms with van der Waals surface area (Å²) in [5.74, 6) is 0. The summed E-state index contributed by atoms with van der Waals surface area (Å²) in [7, 11) is -1.66. The summed E-state index contributed by atoms with van der Waals surface area (Å²) in [6.07, 6.45) is 1.25. The molecule has 128 valence electrons. The van der Waals surface area contributed by atoms with Crippen LogP contribution in [0.4, 0.5) is 0 Å². The average Bonchev–Trinajstić information content (AvgIpc) is 2.58. The molecule has 1 fully saturated rings. The van der Waals surface area contributed by atoms with E-state index in [0.717, 1.165) is 5.56 Å². The molecule has 2 heterocycles. The Labute approximate surface area is 151 Å². The number of rotatable bonds is 3. The summed E-state index contributed by atoms with van der Waals surface area (Å²) < 4.78 is 27.3. The van der Waals surface area contributed by atoms with Crippen molar-refractivity contribution in [3.63, 3.8) is 0 Å². The highest BCUT2D eigenvalue weighted by Crippen LogP contribution is 2.29. The van der Waals surface area contributed by atoms with Crippen LogP contribution in [-0.4, -0.2) is 49.3 Å². The summed E-state index contributed by atoms with van der Waals surface area (Å²) in [5.41, 5.74) is 1.09. The molecule has 0 radical (unpaired) electrons. The monoisotopic (exact) mass is 385 g/mol. The number of sulfonamides is 1. The van der Waals surface area contributed by atoms with Crippen molar-refractivity contribution in [1.82, 2.24) is 14.2 Å². The van der Waals surface area contributed by atoms with Gasteiger partial charge in [-0.1, -0.05) is 53.5 Å². The van der Waals surface area contributed by atoms with Gasteiger partial charge in [-0.25, -0.2) is 13.4 Å². The Morgan fingerprint density at radius 2 is 1.88 bits per heavy atom. The lowest BCUT2D eigenvalue weighted by atomic mass is 10.0. The maximum atomic E-state index is 12.9. The number of halogens is 2. The largest absolute Gasteiger partial charge is 0.297 e. The number of piperazine rings is 1. The lowest BCUT2D eigenvalue weighted by Gasteiger charge is -2.38. The predicted molar refractivity (Wildman–Crippen MR) is 94.8 cm³/mol. The van der Waals surface area contributed by atoms with Crippen LogP contribution in [0.25, 0.3) is 0 Å². The van der Waals surface area contributed by atoms with Crippen LogP contribution in [0.5, 0.6) is 0 Å². The smallest absolute Gasteiger partial charge is 0.244 e. The summed E-state index contributed by atoms with van der Waals surface area (Å²) >= 11 is 11.7. The topological polar surface area (TPSA) is 53.5 Å². The molecule has 0 aliphatic carbocycles. The molecule has 1 saturated heterocycles. The molecule has 0 spiro atoms. The second-order valence-corrected chi connectivity index (χ2v) is 8.42. The van der Waals surface area contributed by atoms with Crippen LogP contribution in [0.2, 0.25) is 10.2 Å². The predicted octanol–water partition coefficient (Wildman–Crippen LogP) is 3.07. The first-order valence-corrected chi connectivity index (χ1v) is 9.65. The summed E-state index contributed by atoms with van der Waals surface area (Å²) in [4.78, 5) is 6.07. The Morgan fingerprint density at radius 3 is 2.54 bits per heavy atom. The Bertz CT molecular complexity index is 830. The molecule has 1 unspecified atom stereocenters. The summed E-state index contributed by atoms with van der Waals surface area (Å²) in [6, 6.07) is 11.2. The van der Waals surface area contributed by atoms with Crippen molar-refractivity contribution in [3.8, 4) is 0 Å². The third kappa shape index (κ3) is 3.43. The number of aromatic nitrogens is 1. The Hall–Kier alpha value is -1.18. The zero-order chi connectivity index (χ0) is 17.3. The normalized spacial score (nSPS) is 20.2. The minimum absolute atomic E-state index is 0.00505. The number of benzene rings is 1. The first kappa shape index (κ1) is 17.6. The minimum Gasteiger partial charge on any atom is -0.297 e. The van der Waals surface area contributed by atoms with Crippen molar-refractivity contribution in [3.05, 3.63) is 58.3 Å². The molecule has 1 aromatic carbocycles. The standard InChI is InChI=1S/C16H17Cl2N3O2S/c1-20-7-8-21(11-15(20)12-5-3-2-4-6-12)24(22,23)13-9-14(17)16(18)19-10-13/h2-6,9-10,15H,7-8,11H2,1H3. The number of nitrogens with zero attached hydrogens (tertiary/aromatic N) is 3. The quantitative estimate of drug-likeness (QED) is 0.761. The van der Waals surface area contributed by atoms with E-state index in [0.29, 0.717) is 19.6 Å². The minimum atomic E-state index is -3.66. The second-order valence-electron chi connectivity index (χ2n) is 5.71. The zero-order valence-corrected chi connectivity index (χ0v) is 15.4. The van der Waals surface area contributed by atoms with Crippen molar-refractivity contribution < 1.29 is 8.42 Å². The molecule has 1 atom stereocenters. The molecule has 2 aromatic rings. The molecule has 0 N–H and O–H groups in total. The van der Waals surface area contributed by atoms with Gasteiger partial charge >= 0.3 is 0 Å². The van der Waals surface area contributed by atoms with E-state index in [1.165, 1.54) is 16.6 Å². The van der Waals surface area contributed by atoms with Crippen LogP contribution >= 0.6 is 23.2 Å². The molecule has 0 amide bonds. The van der Waals surface area contributed by atoms with E-state index >= 15 is 0 Å². The third-order valence-electron chi connectivity index (χ3n) is 4.20. The van der Waals surface area contributed by atoms with E-state index in [1.54, 1.807) is 0 Å². The van der Waals surface area contributed by atoms with Crippen LogP contribution in [-0.2, 0) is 10.0 Å². The molecule has 1 aliphatic heterocycles. The van der Waals surface area contributed by atoms with Crippen molar-refractivity contribution in [2.45, 2.75) is 10.9 Å². The molecular formula is C16H17Cl2N3O2S. The molecular weight excluding hydrogens is 369 g/mol. The zero-order valence-electron chi connectivity index (χ0n) is 13.1. The SMILES string of the molecule is CN1CCN(S(=O)(=O)c2cnc(Cl)c(Cl)c2)CC1c1ccccc1. The van der Waals surface area contributed by atoms with Crippen LogP contribution in [0, 0.1) is 0 Å². The molecule has 3 rings (SSSR count). The van der Waals surface area contributed by atoms with E-state index in [4.69, 9.17) is 23.2 Å². The number of likely N-dealkylation sites (N-methyl/N-ethyl adjacent to an activating group) is 1. The van der Waals surface area contributed by atoms with E-state index in [2.05, 4.69) is 9.88 Å². The Balaban J connectivity index is 1.89. The molecule has 1 aliphatic rings. The van der Waals surface area contributed by atoms with E-state index in [9.17, 15) is 8.42 Å². The Morgan fingerprint density at radius 1 is 1.17 bits per heavy atom. The van der Waals surface area contributed by atoms with Crippen LogP contribution in [0.15, 0.2) is 47.5 Å². The highest BCUT2D eigenvalue weighted by Gasteiger charge is 2.33. The molecule has 0 bridgehead atoms. The van der Waals surface area contributed by atoms with Crippen LogP contribution in [0.1, 0.15) is 11.6 Å². The lowest BCUT2D eigenvalue weighted by Crippen LogP contribution is -2.48. The molecule has 8 heteroatoms. The van der Waals surface area contributed by atoms with Crippen molar-refractivity contribution in [2.75, 3.05) is 26.7 Å². The van der Waals surface area contributed by atoms with Gasteiger partial charge in [-0.3, -0.25) is 4.90 Å². The first-order chi connectivity index (χ1) is 11.4. The number of hydrogen-bond acceptors (Lipinski definition) is 4. The van der Waals surface area contributed by atoms with Gasteiger partial charge < -0.3 is 0 Å². The van der Waals surface area contributed by atoms with Crippen LogP contribution < -0.4 is 0 Å². The fraction of sp³-hybridized carbons (Fsp3) is 0.312. The van der Waals surface area contributed by atoms with Crippen molar-refractivity contribution in [1.29, 1.82) is 0 Å².